The zero-order chi connectivity index (χ0) is 24.1. The van der Waals surface area contributed by atoms with Gasteiger partial charge >= 0.3 is 0 Å². The zero-order valence-corrected chi connectivity index (χ0v) is 19.5. The lowest BCUT2D eigenvalue weighted by Gasteiger charge is -2.37. The number of nitrogens with zero attached hydrogens (tertiary/aromatic N) is 1. The molecule has 2 amide bonds. The summed E-state index contributed by atoms with van der Waals surface area (Å²) in [6.07, 6.45) is 0.426. The standard InChI is InChI=1S/C28H25N3O4/c1-34-22-13-12-18-23(26(22)35-2)28(33)31-21(27(32)29-15-16-8-4-3-5-9-16)14-19-17-10-6-7-11-20(17)30-24(19)25(18)31/h3-13,21,25,30H,14-15H2,1-2H3,(H,29,32)/t21-,25?/m0/s1. The zero-order valence-electron chi connectivity index (χ0n) is 19.5. The van der Waals surface area contributed by atoms with E-state index in [1.54, 1.807) is 12.0 Å². The molecule has 0 bridgehead atoms. The van der Waals surface area contributed by atoms with Crippen molar-refractivity contribution in [2.45, 2.75) is 25.0 Å². The third kappa shape index (κ3) is 3.19. The van der Waals surface area contributed by atoms with Crippen LogP contribution >= 0.6 is 0 Å². The monoisotopic (exact) mass is 467 g/mol. The van der Waals surface area contributed by atoms with Gasteiger partial charge in [-0.05, 0) is 28.8 Å². The number of rotatable bonds is 5. The van der Waals surface area contributed by atoms with E-state index in [-0.39, 0.29) is 11.8 Å². The molecule has 7 heteroatoms. The van der Waals surface area contributed by atoms with Crippen LogP contribution in [0.1, 0.15) is 38.8 Å². The smallest absolute Gasteiger partial charge is 0.259 e. The topological polar surface area (TPSA) is 83.7 Å². The number of hydrogen-bond donors (Lipinski definition) is 2. The number of carbonyl (C=O) groups excluding carboxylic acids is 2. The number of aromatic nitrogens is 1. The number of amides is 2. The molecule has 4 aromatic rings. The summed E-state index contributed by atoms with van der Waals surface area (Å²) in [5.41, 5.74) is 5.26. The van der Waals surface area contributed by atoms with E-state index < -0.39 is 12.1 Å². The highest BCUT2D eigenvalue weighted by molar-refractivity contribution is 6.06. The van der Waals surface area contributed by atoms with Crippen LogP contribution in [0.2, 0.25) is 0 Å². The van der Waals surface area contributed by atoms with Crippen LogP contribution in [0.3, 0.4) is 0 Å². The van der Waals surface area contributed by atoms with Gasteiger partial charge in [-0.15, -0.1) is 0 Å². The van der Waals surface area contributed by atoms with Crippen molar-refractivity contribution in [2.24, 2.45) is 0 Å². The van der Waals surface area contributed by atoms with Gasteiger partial charge in [-0.25, -0.2) is 0 Å². The second-order valence-electron chi connectivity index (χ2n) is 8.87. The first kappa shape index (κ1) is 21.3. The van der Waals surface area contributed by atoms with Crippen LogP contribution < -0.4 is 14.8 Å². The number of methoxy groups -OCH3 is 2. The maximum atomic E-state index is 13.9. The predicted molar refractivity (Wildman–Crippen MR) is 132 cm³/mol. The van der Waals surface area contributed by atoms with E-state index in [0.29, 0.717) is 30.0 Å². The van der Waals surface area contributed by atoms with E-state index in [0.717, 1.165) is 33.3 Å². The fourth-order valence-corrected chi connectivity index (χ4v) is 5.49. The largest absolute Gasteiger partial charge is 0.493 e. The average Bonchev–Trinajstić information content (AvgIpc) is 3.42. The van der Waals surface area contributed by atoms with Gasteiger partial charge in [0.1, 0.15) is 6.04 Å². The summed E-state index contributed by atoms with van der Waals surface area (Å²) < 4.78 is 11.1. The summed E-state index contributed by atoms with van der Waals surface area (Å²) in [7, 11) is 3.08. The van der Waals surface area contributed by atoms with Crippen LogP contribution in [0.4, 0.5) is 0 Å². The molecule has 3 aromatic carbocycles. The minimum Gasteiger partial charge on any atom is -0.493 e. The number of para-hydroxylation sites is 1. The Hall–Kier alpha value is -4.26. The molecule has 3 heterocycles. The van der Waals surface area contributed by atoms with E-state index in [1.165, 1.54) is 7.11 Å². The highest BCUT2D eigenvalue weighted by Gasteiger charge is 2.50. The normalized spacial score (nSPS) is 18.1. The van der Waals surface area contributed by atoms with Crippen molar-refractivity contribution in [1.82, 2.24) is 15.2 Å². The van der Waals surface area contributed by atoms with Crippen molar-refractivity contribution in [3.8, 4) is 11.5 Å². The Morgan fingerprint density at radius 1 is 1.03 bits per heavy atom. The third-order valence-electron chi connectivity index (χ3n) is 7.06. The number of hydrogen-bond acceptors (Lipinski definition) is 4. The van der Waals surface area contributed by atoms with Crippen molar-refractivity contribution >= 4 is 22.7 Å². The molecule has 0 saturated carbocycles. The van der Waals surface area contributed by atoms with E-state index >= 15 is 0 Å². The molecule has 176 valence electrons. The van der Waals surface area contributed by atoms with Crippen molar-refractivity contribution in [1.29, 1.82) is 0 Å². The third-order valence-corrected chi connectivity index (χ3v) is 7.06. The number of ether oxygens (including phenoxy) is 2. The van der Waals surface area contributed by atoms with Crippen LogP contribution in [0.5, 0.6) is 11.5 Å². The van der Waals surface area contributed by atoms with Crippen molar-refractivity contribution in [3.63, 3.8) is 0 Å². The van der Waals surface area contributed by atoms with E-state index in [4.69, 9.17) is 9.47 Å². The number of carbonyl (C=O) groups is 2. The van der Waals surface area contributed by atoms with Gasteiger partial charge in [-0.3, -0.25) is 9.59 Å². The Morgan fingerprint density at radius 3 is 2.57 bits per heavy atom. The minimum absolute atomic E-state index is 0.179. The summed E-state index contributed by atoms with van der Waals surface area (Å²) in [5, 5.41) is 4.13. The molecule has 1 aromatic heterocycles. The number of benzene rings is 3. The van der Waals surface area contributed by atoms with Crippen LogP contribution in [-0.4, -0.2) is 42.0 Å². The van der Waals surface area contributed by atoms with Gasteiger partial charge in [-0.1, -0.05) is 54.6 Å². The van der Waals surface area contributed by atoms with Gasteiger partial charge < -0.3 is 24.7 Å². The second kappa shape index (κ2) is 8.20. The molecule has 0 saturated heterocycles. The summed E-state index contributed by atoms with van der Waals surface area (Å²) in [6, 6.07) is 20.5. The first-order valence-electron chi connectivity index (χ1n) is 11.6. The fraction of sp³-hybridized carbons (Fsp3) is 0.214. The first-order valence-corrected chi connectivity index (χ1v) is 11.6. The lowest BCUT2D eigenvalue weighted by molar-refractivity contribution is -0.126. The maximum absolute atomic E-state index is 13.9. The minimum atomic E-state index is -0.661. The van der Waals surface area contributed by atoms with Gasteiger partial charge in [0.25, 0.3) is 5.91 Å². The Morgan fingerprint density at radius 2 is 1.80 bits per heavy atom. The molecule has 6 rings (SSSR count). The van der Waals surface area contributed by atoms with Gasteiger partial charge in [-0.2, -0.15) is 0 Å². The number of fused-ring (bicyclic) bond motifs is 7. The summed E-state index contributed by atoms with van der Waals surface area (Å²) in [5.74, 6) is 0.471. The van der Waals surface area contributed by atoms with E-state index in [9.17, 15) is 9.59 Å². The van der Waals surface area contributed by atoms with Crippen LogP contribution in [0, 0.1) is 0 Å². The van der Waals surface area contributed by atoms with E-state index in [1.807, 2.05) is 60.7 Å². The molecule has 2 aliphatic rings. The lowest BCUT2D eigenvalue weighted by atomic mass is 9.89. The van der Waals surface area contributed by atoms with Gasteiger partial charge in [0.2, 0.25) is 5.91 Å². The summed E-state index contributed by atoms with van der Waals surface area (Å²) >= 11 is 0. The highest BCUT2D eigenvalue weighted by atomic mass is 16.5. The van der Waals surface area contributed by atoms with Crippen molar-refractivity contribution in [3.05, 3.63) is 94.7 Å². The molecule has 0 aliphatic carbocycles. The number of nitrogens with one attached hydrogen (secondary N) is 2. The van der Waals surface area contributed by atoms with Crippen LogP contribution in [0.25, 0.3) is 10.9 Å². The van der Waals surface area contributed by atoms with Gasteiger partial charge in [0.05, 0.1) is 25.8 Å². The molecule has 2 N–H and O–H groups in total. The SMILES string of the molecule is COc1ccc2c(c1OC)C(=O)N1C2c2[nH]c3ccccc3c2C[C@H]1C(=O)NCc1ccccc1. The molecule has 0 spiro atoms. The molecule has 35 heavy (non-hydrogen) atoms. The van der Waals surface area contributed by atoms with Crippen LogP contribution in [0.15, 0.2) is 66.7 Å². The summed E-state index contributed by atoms with van der Waals surface area (Å²) in [4.78, 5) is 32.7. The molecule has 0 radical (unpaired) electrons. The maximum Gasteiger partial charge on any atom is 0.259 e. The molecule has 7 nitrogen and oxygen atoms in total. The molecule has 0 fully saturated rings. The lowest BCUT2D eigenvalue weighted by Crippen LogP contribution is -2.52. The Balaban J connectivity index is 1.47. The average molecular weight is 468 g/mol. The van der Waals surface area contributed by atoms with Crippen LogP contribution in [-0.2, 0) is 17.8 Å². The molecule has 1 unspecified atom stereocenters. The fourth-order valence-electron chi connectivity index (χ4n) is 5.49. The predicted octanol–water partition coefficient (Wildman–Crippen LogP) is 3.97. The first-order chi connectivity index (χ1) is 17.1. The Kier molecular flexibility index (Phi) is 4.99. The van der Waals surface area contributed by atoms with Gasteiger partial charge in [0, 0.05) is 29.6 Å². The molecular formula is C28H25N3O4. The Bertz CT molecular complexity index is 1460. The number of aromatic amines is 1. The Labute approximate surface area is 202 Å². The van der Waals surface area contributed by atoms with Crippen molar-refractivity contribution < 1.29 is 19.1 Å². The highest BCUT2D eigenvalue weighted by Crippen LogP contribution is 2.50. The number of H-pyrrole nitrogens is 1. The molecule has 2 aliphatic heterocycles. The van der Waals surface area contributed by atoms with Crippen molar-refractivity contribution in [2.75, 3.05) is 14.2 Å². The molecule has 2 atom stereocenters. The second-order valence-corrected chi connectivity index (χ2v) is 8.87. The van der Waals surface area contributed by atoms with E-state index in [2.05, 4.69) is 16.4 Å². The summed E-state index contributed by atoms with van der Waals surface area (Å²) in [6.45, 7) is 0.397. The molecular weight excluding hydrogens is 442 g/mol. The van der Waals surface area contributed by atoms with Gasteiger partial charge in [0.15, 0.2) is 11.5 Å². The quantitative estimate of drug-likeness (QED) is 0.465.